The van der Waals surface area contributed by atoms with Crippen LogP contribution in [0.3, 0.4) is 0 Å². The maximum Gasteiger partial charge on any atom is 0.236 e. The minimum absolute atomic E-state index is 0.218. The summed E-state index contributed by atoms with van der Waals surface area (Å²) in [6, 6.07) is 0. The summed E-state index contributed by atoms with van der Waals surface area (Å²) >= 11 is 0. The lowest BCUT2D eigenvalue weighted by Gasteiger charge is -2.44. The summed E-state index contributed by atoms with van der Waals surface area (Å²) in [4.78, 5) is 24.6. The van der Waals surface area contributed by atoms with Crippen LogP contribution in [0, 0.1) is 11.8 Å². The van der Waals surface area contributed by atoms with Crippen molar-refractivity contribution in [2.45, 2.75) is 143 Å². The van der Waals surface area contributed by atoms with Crippen LogP contribution >= 0.6 is 0 Å². The lowest BCUT2D eigenvalue weighted by Crippen LogP contribution is -2.50. The van der Waals surface area contributed by atoms with E-state index in [-0.39, 0.29) is 17.1 Å². The van der Waals surface area contributed by atoms with Crippen molar-refractivity contribution in [1.29, 1.82) is 0 Å². The summed E-state index contributed by atoms with van der Waals surface area (Å²) in [5, 5.41) is 0. The van der Waals surface area contributed by atoms with Gasteiger partial charge in [-0.25, -0.2) is 9.78 Å². The third kappa shape index (κ3) is 7.59. The third-order valence-corrected chi connectivity index (χ3v) is 6.87. The predicted octanol–water partition coefficient (Wildman–Crippen LogP) is 7.75. The molecule has 0 aromatic rings. The quantitative estimate of drug-likeness (QED) is 0.170. The predicted molar refractivity (Wildman–Crippen MR) is 116 cm³/mol. The molecular weight excluding hydrogens is 352 g/mol. The number of hydrogen-bond acceptors (Lipinski definition) is 4. The van der Waals surface area contributed by atoms with Crippen molar-refractivity contribution >= 4 is 0 Å². The topological polar surface area (TPSA) is 36.9 Å². The van der Waals surface area contributed by atoms with E-state index in [1.807, 2.05) is 0 Å². The Kier molecular flexibility index (Phi) is 11.0. The van der Waals surface area contributed by atoms with E-state index in [0.29, 0.717) is 5.92 Å². The maximum absolute atomic E-state index is 6.18. The van der Waals surface area contributed by atoms with Crippen molar-refractivity contribution in [1.82, 2.24) is 0 Å². The molecule has 1 aliphatic carbocycles. The molecule has 4 heteroatoms. The fourth-order valence-corrected chi connectivity index (χ4v) is 3.85. The molecule has 168 valence electrons. The lowest BCUT2D eigenvalue weighted by molar-refractivity contribution is -0.560. The van der Waals surface area contributed by atoms with Gasteiger partial charge in [0, 0.05) is 12.3 Å². The van der Waals surface area contributed by atoms with E-state index in [4.69, 9.17) is 19.6 Å². The fraction of sp³-hybridized carbons (Fsp3) is 1.00. The highest BCUT2D eigenvalue weighted by molar-refractivity contribution is 4.84. The second-order valence-corrected chi connectivity index (χ2v) is 9.74. The molecule has 0 aliphatic heterocycles. The molecule has 1 rings (SSSR count). The van der Waals surface area contributed by atoms with Gasteiger partial charge < -0.3 is 0 Å². The molecule has 0 bridgehead atoms. The molecule has 1 saturated carbocycles. The Hall–Kier alpha value is -0.160. The molecule has 1 aliphatic rings. The molecule has 0 radical (unpaired) electrons. The molecule has 0 heterocycles. The van der Waals surface area contributed by atoms with Gasteiger partial charge in [0.2, 0.25) is 5.79 Å². The van der Waals surface area contributed by atoms with Crippen molar-refractivity contribution < 1.29 is 19.6 Å². The highest BCUT2D eigenvalue weighted by atomic mass is 17.3. The second-order valence-electron chi connectivity index (χ2n) is 9.74. The molecule has 0 amide bonds. The van der Waals surface area contributed by atoms with E-state index >= 15 is 0 Å². The van der Waals surface area contributed by atoms with Crippen LogP contribution in [0.5, 0.6) is 0 Å². The van der Waals surface area contributed by atoms with Gasteiger partial charge in [0.1, 0.15) is 11.2 Å². The van der Waals surface area contributed by atoms with Gasteiger partial charge in [0.05, 0.1) is 0 Å². The van der Waals surface area contributed by atoms with Gasteiger partial charge in [-0.2, -0.15) is 9.78 Å². The van der Waals surface area contributed by atoms with Gasteiger partial charge in [-0.1, -0.05) is 67.2 Å². The minimum atomic E-state index is -0.822. The van der Waals surface area contributed by atoms with E-state index in [1.54, 1.807) is 0 Å². The summed E-state index contributed by atoms with van der Waals surface area (Å²) in [5.41, 5.74) is -0.573. The molecule has 28 heavy (non-hydrogen) atoms. The van der Waals surface area contributed by atoms with E-state index < -0.39 is 5.79 Å². The van der Waals surface area contributed by atoms with Crippen LogP contribution in [-0.2, 0) is 19.6 Å². The van der Waals surface area contributed by atoms with Crippen LogP contribution in [0.15, 0.2) is 0 Å². The van der Waals surface area contributed by atoms with Gasteiger partial charge in [-0.15, -0.1) is 0 Å². The molecular formula is C24H48O4. The number of hydrogen-bond donors (Lipinski definition) is 0. The first-order chi connectivity index (χ1) is 13.2. The van der Waals surface area contributed by atoms with Crippen molar-refractivity contribution in [3.8, 4) is 0 Å². The molecule has 4 nitrogen and oxygen atoms in total. The van der Waals surface area contributed by atoms with Crippen molar-refractivity contribution in [2.24, 2.45) is 11.8 Å². The molecule has 4 unspecified atom stereocenters. The second kappa shape index (κ2) is 11.9. The van der Waals surface area contributed by atoms with Gasteiger partial charge >= 0.3 is 0 Å². The standard InChI is InChI=1S/C24H48O4/c1-9-13-16-22(7,11-3)25-27-24(18-15-20(5)19-21(24)6)28-26-23(8,12-4)17-14-10-2/h20-21H,9-19H2,1-8H3. The van der Waals surface area contributed by atoms with Crippen molar-refractivity contribution in [2.75, 3.05) is 0 Å². The van der Waals surface area contributed by atoms with Crippen LogP contribution in [0.4, 0.5) is 0 Å². The average Bonchev–Trinajstić information content (AvgIpc) is 2.69. The smallest absolute Gasteiger partial charge is 0.227 e. The summed E-state index contributed by atoms with van der Waals surface area (Å²) in [5.74, 6) is 0.0686. The van der Waals surface area contributed by atoms with Crippen molar-refractivity contribution in [3.63, 3.8) is 0 Å². The SMILES string of the molecule is CCCCC(C)(CC)OOC1(OOC(C)(CC)CCCC)CCC(C)CC1C. The first-order valence-electron chi connectivity index (χ1n) is 11.9. The number of unbranched alkanes of at least 4 members (excludes halogenated alkanes) is 2. The van der Waals surface area contributed by atoms with Gasteiger partial charge in [-0.3, -0.25) is 0 Å². The largest absolute Gasteiger partial charge is 0.236 e. The Morgan fingerprint density at radius 2 is 1.29 bits per heavy atom. The monoisotopic (exact) mass is 400 g/mol. The van der Waals surface area contributed by atoms with Crippen LogP contribution in [0.1, 0.15) is 126 Å². The maximum atomic E-state index is 6.18. The van der Waals surface area contributed by atoms with Crippen LogP contribution in [0.2, 0.25) is 0 Å². The zero-order valence-electron chi connectivity index (χ0n) is 20.1. The molecule has 0 aromatic carbocycles. The third-order valence-electron chi connectivity index (χ3n) is 6.87. The Morgan fingerprint density at radius 1 is 0.821 bits per heavy atom. The molecule has 0 N–H and O–H groups in total. The van der Waals surface area contributed by atoms with Crippen molar-refractivity contribution in [3.05, 3.63) is 0 Å². The summed E-state index contributed by atoms with van der Waals surface area (Å²) in [6.45, 7) is 17.5. The Labute approximate surface area is 174 Å². The first-order valence-corrected chi connectivity index (χ1v) is 11.9. The van der Waals surface area contributed by atoms with Gasteiger partial charge in [0.15, 0.2) is 0 Å². The Balaban J connectivity index is 2.89. The normalized spacial score (nSPS) is 30.0. The molecule has 0 saturated heterocycles. The lowest BCUT2D eigenvalue weighted by atomic mass is 9.79. The van der Waals surface area contributed by atoms with E-state index in [2.05, 4.69) is 55.4 Å². The zero-order valence-corrected chi connectivity index (χ0v) is 20.1. The fourth-order valence-electron chi connectivity index (χ4n) is 3.85. The highest BCUT2D eigenvalue weighted by Gasteiger charge is 2.48. The Morgan fingerprint density at radius 3 is 1.64 bits per heavy atom. The summed E-state index contributed by atoms with van der Waals surface area (Å²) in [6.07, 6.45) is 11.3. The number of rotatable bonds is 14. The molecule has 1 fully saturated rings. The van der Waals surface area contributed by atoms with Gasteiger partial charge in [-0.05, 0) is 58.3 Å². The van der Waals surface area contributed by atoms with Crippen LogP contribution in [-0.4, -0.2) is 17.0 Å². The van der Waals surface area contributed by atoms with E-state index in [0.717, 1.165) is 70.6 Å². The summed E-state index contributed by atoms with van der Waals surface area (Å²) < 4.78 is 0. The molecule has 0 spiro atoms. The summed E-state index contributed by atoms with van der Waals surface area (Å²) in [7, 11) is 0. The Bertz CT molecular complexity index is 401. The van der Waals surface area contributed by atoms with E-state index in [1.165, 1.54) is 0 Å². The van der Waals surface area contributed by atoms with Gasteiger partial charge in [0.25, 0.3) is 0 Å². The van der Waals surface area contributed by atoms with Crippen LogP contribution in [0.25, 0.3) is 0 Å². The molecule has 0 aromatic heterocycles. The zero-order chi connectivity index (χ0) is 21.3. The first kappa shape index (κ1) is 25.9. The van der Waals surface area contributed by atoms with Crippen LogP contribution < -0.4 is 0 Å². The van der Waals surface area contributed by atoms with E-state index in [9.17, 15) is 0 Å². The average molecular weight is 401 g/mol. The molecule has 4 atom stereocenters. The minimum Gasteiger partial charge on any atom is -0.227 e. The highest BCUT2D eigenvalue weighted by Crippen LogP contribution is 2.43.